The maximum Gasteiger partial charge on any atom is 0.371 e. The van der Waals surface area contributed by atoms with Gasteiger partial charge in [0.15, 0.2) is 6.61 Å². The number of carbonyl (C=O) groups is 2. The van der Waals surface area contributed by atoms with Crippen molar-refractivity contribution in [1.29, 1.82) is 0 Å². The van der Waals surface area contributed by atoms with Crippen LogP contribution in [-0.4, -0.2) is 23.6 Å². The van der Waals surface area contributed by atoms with Gasteiger partial charge in [-0.3, -0.25) is 4.79 Å². The van der Waals surface area contributed by atoms with Gasteiger partial charge in [0.2, 0.25) is 5.76 Å². The number of carboxylic acids is 1. The molecule has 2 N–H and O–H groups in total. The minimum Gasteiger partial charge on any atom is -0.484 e. The zero-order chi connectivity index (χ0) is 15.2. The van der Waals surface area contributed by atoms with Gasteiger partial charge in [-0.05, 0) is 36.4 Å². The highest BCUT2D eigenvalue weighted by atomic mass is 35.5. The molecule has 0 radical (unpaired) electrons. The first-order valence-electron chi connectivity index (χ1n) is 6.01. The van der Waals surface area contributed by atoms with Crippen LogP contribution in [0.15, 0.2) is 40.8 Å². The molecule has 0 spiro atoms. The maximum atomic E-state index is 11.6. The summed E-state index contributed by atoms with van der Waals surface area (Å²) >= 11 is 5.73. The number of carbonyl (C=O) groups excluding carboxylic acids is 1. The van der Waals surface area contributed by atoms with Crippen molar-refractivity contribution in [2.24, 2.45) is 0 Å². The standard InChI is InChI=1S/C14H12ClNO5/c15-9-1-3-10(4-2-9)20-8-13(17)16-7-11-5-6-12(21-11)14(18)19/h1-6H,7-8H2,(H,16,17)(H,18,19). The Morgan fingerprint density at radius 3 is 2.52 bits per heavy atom. The van der Waals surface area contributed by atoms with Crippen LogP contribution in [-0.2, 0) is 11.3 Å². The van der Waals surface area contributed by atoms with Gasteiger partial charge in [-0.1, -0.05) is 11.6 Å². The summed E-state index contributed by atoms with van der Waals surface area (Å²) in [4.78, 5) is 22.2. The highest BCUT2D eigenvalue weighted by Crippen LogP contribution is 2.15. The van der Waals surface area contributed by atoms with Crippen LogP contribution < -0.4 is 10.1 Å². The molecular weight excluding hydrogens is 298 g/mol. The average molecular weight is 310 g/mol. The Morgan fingerprint density at radius 1 is 1.19 bits per heavy atom. The van der Waals surface area contributed by atoms with Gasteiger partial charge in [0.25, 0.3) is 5.91 Å². The van der Waals surface area contributed by atoms with Crippen LogP contribution in [0.5, 0.6) is 5.75 Å². The van der Waals surface area contributed by atoms with Crippen molar-refractivity contribution in [3.63, 3.8) is 0 Å². The van der Waals surface area contributed by atoms with Gasteiger partial charge < -0.3 is 19.6 Å². The number of halogens is 1. The van der Waals surface area contributed by atoms with E-state index in [2.05, 4.69) is 5.32 Å². The lowest BCUT2D eigenvalue weighted by Gasteiger charge is -2.06. The quantitative estimate of drug-likeness (QED) is 0.855. The number of aromatic carboxylic acids is 1. The topological polar surface area (TPSA) is 88.8 Å². The number of furan rings is 1. The summed E-state index contributed by atoms with van der Waals surface area (Å²) in [5.41, 5.74) is 0. The molecule has 0 atom stereocenters. The van der Waals surface area contributed by atoms with E-state index in [9.17, 15) is 9.59 Å². The van der Waals surface area contributed by atoms with Crippen LogP contribution in [0, 0.1) is 0 Å². The van der Waals surface area contributed by atoms with Crippen molar-refractivity contribution in [2.75, 3.05) is 6.61 Å². The molecule has 0 bridgehead atoms. The maximum absolute atomic E-state index is 11.6. The zero-order valence-corrected chi connectivity index (χ0v) is 11.6. The predicted octanol–water partition coefficient (Wildman–Crippen LogP) is 2.33. The van der Waals surface area contributed by atoms with Crippen LogP contribution in [0.25, 0.3) is 0 Å². The molecule has 0 aliphatic carbocycles. The molecule has 21 heavy (non-hydrogen) atoms. The first-order valence-corrected chi connectivity index (χ1v) is 6.39. The van der Waals surface area contributed by atoms with Gasteiger partial charge in [0.1, 0.15) is 11.5 Å². The van der Waals surface area contributed by atoms with Gasteiger partial charge in [0.05, 0.1) is 6.54 Å². The summed E-state index contributed by atoms with van der Waals surface area (Å²) in [6.45, 7) is -0.0653. The van der Waals surface area contributed by atoms with Crippen molar-refractivity contribution < 1.29 is 23.8 Å². The van der Waals surface area contributed by atoms with Crippen LogP contribution >= 0.6 is 11.6 Å². The van der Waals surface area contributed by atoms with Crippen molar-refractivity contribution in [3.05, 3.63) is 52.9 Å². The predicted molar refractivity (Wildman–Crippen MR) is 74.5 cm³/mol. The Hall–Kier alpha value is -2.47. The molecule has 1 aromatic carbocycles. The van der Waals surface area contributed by atoms with Crippen molar-refractivity contribution >= 4 is 23.5 Å². The summed E-state index contributed by atoms with van der Waals surface area (Å²) in [7, 11) is 0. The van der Waals surface area contributed by atoms with Gasteiger partial charge in [-0.15, -0.1) is 0 Å². The second-order valence-electron chi connectivity index (χ2n) is 4.09. The molecule has 0 aliphatic rings. The number of hydrogen-bond acceptors (Lipinski definition) is 4. The summed E-state index contributed by atoms with van der Waals surface area (Å²) in [5.74, 6) is -0.790. The molecule has 7 heteroatoms. The molecule has 2 rings (SSSR count). The number of amides is 1. The second kappa shape index (κ2) is 6.81. The number of carboxylic acid groups (broad SMARTS) is 1. The normalized spacial score (nSPS) is 10.1. The second-order valence-corrected chi connectivity index (χ2v) is 4.53. The molecule has 0 fully saturated rings. The third-order valence-electron chi connectivity index (χ3n) is 2.52. The number of benzene rings is 1. The van der Waals surface area contributed by atoms with Crippen LogP contribution in [0.4, 0.5) is 0 Å². The monoisotopic (exact) mass is 309 g/mol. The molecule has 0 aliphatic heterocycles. The van der Waals surface area contributed by atoms with E-state index in [0.717, 1.165) is 0 Å². The van der Waals surface area contributed by atoms with Crippen molar-refractivity contribution in [1.82, 2.24) is 5.32 Å². The fourth-order valence-corrected chi connectivity index (χ4v) is 1.63. The van der Waals surface area contributed by atoms with Gasteiger partial charge in [0, 0.05) is 5.02 Å². The zero-order valence-electron chi connectivity index (χ0n) is 10.8. The molecule has 6 nitrogen and oxygen atoms in total. The molecule has 2 aromatic rings. The lowest BCUT2D eigenvalue weighted by molar-refractivity contribution is -0.123. The summed E-state index contributed by atoms with van der Waals surface area (Å²) in [5, 5.41) is 11.8. The molecule has 1 heterocycles. The SMILES string of the molecule is O=C(COc1ccc(Cl)cc1)NCc1ccc(C(=O)O)o1. The summed E-state index contributed by atoms with van der Waals surface area (Å²) in [6, 6.07) is 9.44. The first-order chi connectivity index (χ1) is 10.0. The Labute approximate surface area is 125 Å². The molecule has 0 saturated heterocycles. The molecule has 0 unspecified atom stereocenters. The van der Waals surface area contributed by atoms with Crippen molar-refractivity contribution in [2.45, 2.75) is 6.54 Å². The lowest BCUT2D eigenvalue weighted by Crippen LogP contribution is -2.28. The first kappa shape index (κ1) is 14.9. The van der Waals surface area contributed by atoms with E-state index in [0.29, 0.717) is 16.5 Å². The Balaban J connectivity index is 1.76. The number of nitrogens with one attached hydrogen (secondary N) is 1. The Bertz CT molecular complexity index is 635. The van der Waals surface area contributed by atoms with E-state index in [1.165, 1.54) is 12.1 Å². The van der Waals surface area contributed by atoms with E-state index in [1.54, 1.807) is 24.3 Å². The molecule has 1 aromatic heterocycles. The van der Waals surface area contributed by atoms with Gasteiger partial charge >= 0.3 is 5.97 Å². The fourth-order valence-electron chi connectivity index (χ4n) is 1.50. The van der Waals surface area contributed by atoms with Gasteiger partial charge in [-0.25, -0.2) is 4.79 Å². The van der Waals surface area contributed by atoms with E-state index < -0.39 is 5.97 Å². The van der Waals surface area contributed by atoms with Crippen molar-refractivity contribution in [3.8, 4) is 5.75 Å². The molecule has 110 valence electrons. The Morgan fingerprint density at radius 2 is 1.90 bits per heavy atom. The summed E-state index contributed by atoms with van der Waals surface area (Å²) in [6.07, 6.45) is 0. The number of hydrogen-bond donors (Lipinski definition) is 2. The molecular formula is C14H12ClNO5. The lowest BCUT2D eigenvalue weighted by atomic mass is 10.3. The third-order valence-corrected chi connectivity index (χ3v) is 2.77. The summed E-state index contributed by atoms with van der Waals surface area (Å²) < 4.78 is 10.3. The Kier molecular flexibility index (Phi) is 4.84. The number of ether oxygens (including phenoxy) is 1. The van der Waals surface area contributed by atoms with E-state index in [4.69, 9.17) is 25.9 Å². The average Bonchev–Trinajstić information content (AvgIpc) is 2.93. The van der Waals surface area contributed by atoms with Crippen LogP contribution in [0.2, 0.25) is 5.02 Å². The molecule has 0 saturated carbocycles. The van der Waals surface area contributed by atoms with Crippen LogP contribution in [0.1, 0.15) is 16.3 Å². The van der Waals surface area contributed by atoms with E-state index >= 15 is 0 Å². The number of rotatable bonds is 6. The highest BCUT2D eigenvalue weighted by Gasteiger charge is 2.10. The minimum atomic E-state index is -1.15. The van der Waals surface area contributed by atoms with E-state index in [-0.39, 0.29) is 24.8 Å². The smallest absolute Gasteiger partial charge is 0.371 e. The van der Waals surface area contributed by atoms with Gasteiger partial charge in [-0.2, -0.15) is 0 Å². The highest BCUT2D eigenvalue weighted by molar-refractivity contribution is 6.30. The fraction of sp³-hybridized carbons (Fsp3) is 0.143. The molecule has 1 amide bonds. The largest absolute Gasteiger partial charge is 0.484 e. The van der Waals surface area contributed by atoms with Crippen LogP contribution in [0.3, 0.4) is 0 Å². The van der Waals surface area contributed by atoms with E-state index in [1.807, 2.05) is 0 Å². The third kappa shape index (κ3) is 4.54. The minimum absolute atomic E-state index is 0.0933.